The predicted molar refractivity (Wildman–Crippen MR) is 103 cm³/mol. The quantitative estimate of drug-likeness (QED) is 0.644. The van der Waals surface area contributed by atoms with Crippen LogP contribution in [0.3, 0.4) is 0 Å². The third-order valence-corrected chi connectivity index (χ3v) is 5.82. The number of rotatable bonds is 9. The highest BCUT2D eigenvalue weighted by molar-refractivity contribution is 7.89. The third kappa shape index (κ3) is 6.86. The van der Waals surface area contributed by atoms with Crippen LogP contribution in [-0.4, -0.2) is 26.9 Å². The second-order valence-electron chi connectivity index (χ2n) is 6.97. The minimum Gasteiger partial charge on any atom is -0.353 e. The number of hydrogen-bond donors (Lipinski definition) is 2. The van der Waals surface area contributed by atoms with Crippen molar-refractivity contribution in [1.82, 2.24) is 10.0 Å². The van der Waals surface area contributed by atoms with Crippen LogP contribution in [0.15, 0.2) is 47.4 Å². The first-order valence-electron chi connectivity index (χ1n) is 9.07. The van der Waals surface area contributed by atoms with Crippen molar-refractivity contribution in [3.8, 4) is 0 Å². The average Bonchev–Trinajstić information content (AvgIpc) is 2.64. The van der Waals surface area contributed by atoms with E-state index >= 15 is 0 Å². The Labute approximate surface area is 168 Å². The van der Waals surface area contributed by atoms with Gasteiger partial charge in [0.25, 0.3) is 0 Å². The van der Waals surface area contributed by atoms with Gasteiger partial charge in [0.1, 0.15) is 5.82 Å². The maximum atomic E-state index is 13.2. The van der Waals surface area contributed by atoms with Crippen LogP contribution in [0.2, 0.25) is 0 Å². The molecular formula is C20H23F3N2O3S. The van der Waals surface area contributed by atoms with Crippen molar-refractivity contribution >= 4 is 15.9 Å². The van der Waals surface area contributed by atoms with E-state index in [1.807, 2.05) is 13.8 Å². The number of carbonyl (C=O) groups excluding carboxylic acids is 1. The van der Waals surface area contributed by atoms with Crippen LogP contribution >= 0.6 is 0 Å². The zero-order chi connectivity index (χ0) is 21.6. The molecule has 2 rings (SSSR count). The highest BCUT2D eigenvalue weighted by Gasteiger charge is 2.19. The molecule has 0 saturated heterocycles. The smallest absolute Gasteiger partial charge is 0.240 e. The standard InChI is InChI=1S/C20H23F3N2O3S/c1-13(2)19(11-14-3-5-15(21)6-4-14)25-20(26)9-10-24-29(27,28)16-7-8-17(22)18(23)12-16/h3-8,12-13,19,24H,9-11H2,1-2H3,(H,25,26)/t19-/m0/s1. The summed E-state index contributed by atoms with van der Waals surface area (Å²) in [5.74, 6) is -3.02. The lowest BCUT2D eigenvalue weighted by molar-refractivity contribution is -0.121. The first kappa shape index (κ1) is 22.9. The Morgan fingerprint density at radius 3 is 2.24 bits per heavy atom. The molecule has 1 amide bonds. The van der Waals surface area contributed by atoms with Crippen LogP contribution in [0, 0.1) is 23.4 Å². The van der Waals surface area contributed by atoms with Gasteiger partial charge in [-0.1, -0.05) is 26.0 Å². The van der Waals surface area contributed by atoms with Gasteiger partial charge >= 0.3 is 0 Å². The number of carbonyl (C=O) groups is 1. The van der Waals surface area contributed by atoms with Gasteiger partial charge in [0.05, 0.1) is 4.90 Å². The van der Waals surface area contributed by atoms with Crippen LogP contribution in [0.4, 0.5) is 13.2 Å². The molecule has 0 heterocycles. The molecule has 2 N–H and O–H groups in total. The van der Waals surface area contributed by atoms with Gasteiger partial charge in [0, 0.05) is 19.0 Å². The summed E-state index contributed by atoms with van der Waals surface area (Å²) in [7, 11) is -4.06. The van der Waals surface area contributed by atoms with Gasteiger partial charge in [0.2, 0.25) is 15.9 Å². The fourth-order valence-corrected chi connectivity index (χ4v) is 3.68. The summed E-state index contributed by atoms with van der Waals surface area (Å²) < 4.78 is 65.6. The zero-order valence-corrected chi connectivity index (χ0v) is 16.9. The van der Waals surface area contributed by atoms with Gasteiger partial charge < -0.3 is 5.32 Å². The van der Waals surface area contributed by atoms with Gasteiger partial charge in [-0.2, -0.15) is 0 Å². The molecular weight excluding hydrogens is 405 g/mol. The Morgan fingerprint density at radius 1 is 1.00 bits per heavy atom. The molecule has 0 aliphatic carbocycles. The van der Waals surface area contributed by atoms with E-state index in [4.69, 9.17) is 0 Å². The fraction of sp³-hybridized carbons (Fsp3) is 0.350. The number of amides is 1. The van der Waals surface area contributed by atoms with Crippen molar-refractivity contribution in [3.05, 3.63) is 65.5 Å². The zero-order valence-electron chi connectivity index (χ0n) is 16.1. The van der Waals surface area contributed by atoms with E-state index in [1.54, 1.807) is 12.1 Å². The van der Waals surface area contributed by atoms with E-state index in [-0.39, 0.29) is 36.6 Å². The van der Waals surface area contributed by atoms with Gasteiger partial charge in [0.15, 0.2) is 11.6 Å². The molecule has 158 valence electrons. The molecule has 0 aliphatic heterocycles. The summed E-state index contributed by atoms with van der Waals surface area (Å²) in [6.45, 7) is 3.66. The van der Waals surface area contributed by atoms with Crippen molar-refractivity contribution in [2.75, 3.05) is 6.54 Å². The van der Waals surface area contributed by atoms with Crippen molar-refractivity contribution in [3.63, 3.8) is 0 Å². The number of hydrogen-bond acceptors (Lipinski definition) is 3. The largest absolute Gasteiger partial charge is 0.353 e. The minimum atomic E-state index is -4.06. The van der Waals surface area contributed by atoms with Crippen molar-refractivity contribution in [2.45, 2.75) is 37.6 Å². The average molecular weight is 428 g/mol. The molecule has 0 fully saturated rings. The van der Waals surface area contributed by atoms with Gasteiger partial charge in [-0.25, -0.2) is 26.3 Å². The molecule has 9 heteroatoms. The number of sulfonamides is 1. The van der Waals surface area contributed by atoms with Crippen LogP contribution in [0.1, 0.15) is 25.8 Å². The first-order chi connectivity index (χ1) is 13.6. The Morgan fingerprint density at radius 2 is 1.66 bits per heavy atom. The summed E-state index contributed by atoms with van der Waals surface area (Å²) in [6.07, 6.45) is 0.375. The number of benzene rings is 2. The molecule has 5 nitrogen and oxygen atoms in total. The SMILES string of the molecule is CC(C)[C@H](Cc1ccc(F)cc1)NC(=O)CCNS(=O)(=O)c1ccc(F)c(F)c1. The molecule has 0 unspecified atom stereocenters. The summed E-state index contributed by atoms with van der Waals surface area (Å²) in [4.78, 5) is 11.8. The Balaban J connectivity index is 1.89. The Hall–Kier alpha value is -2.39. The van der Waals surface area contributed by atoms with E-state index in [1.165, 1.54) is 12.1 Å². The summed E-state index contributed by atoms with van der Waals surface area (Å²) in [5.41, 5.74) is 0.865. The molecule has 29 heavy (non-hydrogen) atoms. The second-order valence-corrected chi connectivity index (χ2v) is 8.74. The Kier molecular flexibility index (Phi) is 7.80. The lowest BCUT2D eigenvalue weighted by Gasteiger charge is -2.22. The number of halogens is 3. The van der Waals surface area contributed by atoms with Crippen molar-refractivity contribution < 1.29 is 26.4 Å². The second kappa shape index (κ2) is 9.89. The predicted octanol–water partition coefficient (Wildman–Crippen LogP) is 3.16. The van der Waals surface area contributed by atoms with Crippen LogP contribution in [0.5, 0.6) is 0 Å². The lowest BCUT2D eigenvalue weighted by atomic mass is 9.96. The molecule has 1 atom stereocenters. The summed E-state index contributed by atoms with van der Waals surface area (Å²) in [5, 5.41) is 2.85. The molecule has 0 aliphatic rings. The minimum absolute atomic E-state index is 0.0999. The molecule has 2 aromatic carbocycles. The maximum Gasteiger partial charge on any atom is 0.240 e. The highest BCUT2D eigenvalue weighted by atomic mass is 32.2. The van der Waals surface area contributed by atoms with Crippen LogP contribution in [0.25, 0.3) is 0 Å². The van der Waals surface area contributed by atoms with E-state index in [0.29, 0.717) is 12.5 Å². The molecule has 0 saturated carbocycles. The highest BCUT2D eigenvalue weighted by Crippen LogP contribution is 2.14. The molecule has 2 aromatic rings. The monoisotopic (exact) mass is 428 g/mol. The fourth-order valence-electron chi connectivity index (χ4n) is 2.63. The Bertz CT molecular complexity index is 948. The normalized spacial score (nSPS) is 12.8. The summed E-state index contributed by atoms with van der Waals surface area (Å²) in [6, 6.07) is 8.02. The van der Waals surface area contributed by atoms with E-state index in [0.717, 1.165) is 17.7 Å². The molecule has 0 radical (unpaired) electrons. The molecule has 0 aromatic heterocycles. The topological polar surface area (TPSA) is 75.3 Å². The van der Waals surface area contributed by atoms with Crippen LogP contribution in [-0.2, 0) is 21.2 Å². The lowest BCUT2D eigenvalue weighted by Crippen LogP contribution is -2.41. The molecule has 0 spiro atoms. The van der Waals surface area contributed by atoms with E-state index in [9.17, 15) is 26.4 Å². The van der Waals surface area contributed by atoms with Gasteiger partial charge in [-0.15, -0.1) is 0 Å². The van der Waals surface area contributed by atoms with Gasteiger partial charge in [-0.05, 0) is 48.2 Å². The number of nitrogens with one attached hydrogen (secondary N) is 2. The van der Waals surface area contributed by atoms with Crippen molar-refractivity contribution in [1.29, 1.82) is 0 Å². The first-order valence-corrected chi connectivity index (χ1v) is 10.6. The third-order valence-electron chi connectivity index (χ3n) is 4.37. The van der Waals surface area contributed by atoms with E-state index < -0.39 is 26.6 Å². The van der Waals surface area contributed by atoms with E-state index in [2.05, 4.69) is 10.0 Å². The van der Waals surface area contributed by atoms with Crippen molar-refractivity contribution in [2.24, 2.45) is 5.92 Å². The molecule has 0 bridgehead atoms. The van der Waals surface area contributed by atoms with Gasteiger partial charge in [-0.3, -0.25) is 4.79 Å². The summed E-state index contributed by atoms with van der Waals surface area (Å²) >= 11 is 0. The van der Waals surface area contributed by atoms with Crippen LogP contribution < -0.4 is 10.0 Å². The maximum absolute atomic E-state index is 13.2.